The molecule has 0 saturated heterocycles. The predicted molar refractivity (Wildman–Crippen MR) is 140 cm³/mol. The average molecular weight is 534 g/mol. The van der Waals surface area contributed by atoms with Gasteiger partial charge < -0.3 is 10.6 Å². The molecule has 0 aromatic heterocycles. The van der Waals surface area contributed by atoms with Crippen molar-refractivity contribution in [1.29, 1.82) is 0 Å². The molecule has 0 atom stereocenters. The normalized spacial score (nSPS) is 11.2. The standard InChI is InChI=1S/C25H25Cl2N3O4S/c1-17(2)15-28-25(32)19-11-6-7-13-21(19)29-23(31)16-30(22-14-8-12-20(26)24(22)27)35(33,34)18-9-4-3-5-10-18/h3-14,17H,15-16H2,1-2H3,(H,28,32)(H,29,31). The lowest BCUT2D eigenvalue weighted by atomic mass is 10.1. The highest BCUT2D eigenvalue weighted by Crippen LogP contribution is 2.35. The number of sulfonamides is 1. The highest BCUT2D eigenvalue weighted by molar-refractivity contribution is 7.92. The summed E-state index contributed by atoms with van der Waals surface area (Å²) in [6, 6.07) is 18.7. The molecule has 0 fully saturated rings. The smallest absolute Gasteiger partial charge is 0.264 e. The van der Waals surface area contributed by atoms with E-state index in [1.165, 1.54) is 24.3 Å². The second kappa shape index (κ2) is 11.6. The van der Waals surface area contributed by atoms with Crippen molar-refractivity contribution in [3.8, 4) is 0 Å². The van der Waals surface area contributed by atoms with Crippen LogP contribution >= 0.6 is 23.2 Å². The molecule has 10 heteroatoms. The largest absolute Gasteiger partial charge is 0.352 e. The second-order valence-corrected chi connectivity index (χ2v) is 10.7. The lowest BCUT2D eigenvalue weighted by Gasteiger charge is -2.25. The Kier molecular flexibility index (Phi) is 8.77. The van der Waals surface area contributed by atoms with Crippen LogP contribution in [0.1, 0.15) is 24.2 Å². The van der Waals surface area contributed by atoms with Gasteiger partial charge in [0.05, 0.1) is 31.9 Å². The first kappa shape index (κ1) is 26.5. The summed E-state index contributed by atoms with van der Waals surface area (Å²) < 4.78 is 27.9. The average Bonchev–Trinajstić information content (AvgIpc) is 2.84. The number of nitrogens with one attached hydrogen (secondary N) is 2. The van der Waals surface area contributed by atoms with E-state index < -0.39 is 22.5 Å². The minimum atomic E-state index is -4.18. The van der Waals surface area contributed by atoms with Crippen molar-refractivity contribution in [3.05, 3.63) is 88.4 Å². The number of anilines is 2. The summed E-state index contributed by atoms with van der Waals surface area (Å²) in [7, 11) is -4.18. The molecule has 0 aliphatic carbocycles. The third-order valence-corrected chi connectivity index (χ3v) is 7.52. The summed E-state index contributed by atoms with van der Waals surface area (Å²) >= 11 is 12.5. The number of benzene rings is 3. The summed E-state index contributed by atoms with van der Waals surface area (Å²) in [5, 5.41) is 5.60. The molecule has 0 saturated carbocycles. The lowest BCUT2D eigenvalue weighted by molar-refractivity contribution is -0.114. The molecule has 2 amide bonds. The van der Waals surface area contributed by atoms with Crippen molar-refractivity contribution in [2.75, 3.05) is 22.7 Å². The van der Waals surface area contributed by atoms with Gasteiger partial charge in [0.2, 0.25) is 5.91 Å². The molecule has 2 N–H and O–H groups in total. The first-order valence-electron chi connectivity index (χ1n) is 10.8. The topological polar surface area (TPSA) is 95.6 Å². The van der Waals surface area contributed by atoms with Gasteiger partial charge in [-0.3, -0.25) is 13.9 Å². The number of para-hydroxylation sites is 1. The van der Waals surface area contributed by atoms with Crippen molar-refractivity contribution < 1.29 is 18.0 Å². The number of carbonyl (C=O) groups is 2. The Hall–Kier alpha value is -3.07. The van der Waals surface area contributed by atoms with Crippen LogP contribution in [0.3, 0.4) is 0 Å². The van der Waals surface area contributed by atoms with Gasteiger partial charge in [-0.2, -0.15) is 0 Å². The lowest BCUT2D eigenvalue weighted by Crippen LogP contribution is -2.38. The van der Waals surface area contributed by atoms with Crippen LogP contribution in [0.4, 0.5) is 11.4 Å². The number of rotatable bonds is 9. The van der Waals surface area contributed by atoms with Crippen molar-refractivity contribution >= 4 is 56.4 Å². The number of nitrogens with zero attached hydrogens (tertiary/aromatic N) is 1. The van der Waals surface area contributed by atoms with Gasteiger partial charge in [0.25, 0.3) is 15.9 Å². The molecule has 0 bridgehead atoms. The van der Waals surface area contributed by atoms with E-state index in [9.17, 15) is 18.0 Å². The van der Waals surface area contributed by atoms with Gasteiger partial charge in [0.1, 0.15) is 6.54 Å². The quantitative estimate of drug-likeness (QED) is 0.394. The molecule has 0 aliphatic rings. The molecule has 7 nitrogen and oxygen atoms in total. The molecule has 3 aromatic carbocycles. The van der Waals surface area contributed by atoms with Crippen LogP contribution in [0.2, 0.25) is 10.0 Å². The van der Waals surface area contributed by atoms with Crippen molar-refractivity contribution in [1.82, 2.24) is 5.32 Å². The SMILES string of the molecule is CC(C)CNC(=O)c1ccccc1NC(=O)CN(c1cccc(Cl)c1Cl)S(=O)(=O)c1ccccc1. The summed E-state index contributed by atoms with van der Waals surface area (Å²) in [6.07, 6.45) is 0. The van der Waals surface area contributed by atoms with Crippen LogP contribution in [0.15, 0.2) is 77.7 Å². The first-order chi connectivity index (χ1) is 16.6. The number of hydrogen-bond acceptors (Lipinski definition) is 4. The fourth-order valence-corrected chi connectivity index (χ4v) is 5.11. The van der Waals surface area contributed by atoms with E-state index in [0.29, 0.717) is 6.54 Å². The van der Waals surface area contributed by atoms with Crippen LogP contribution < -0.4 is 14.9 Å². The van der Waals surface area contributed by atoms with E-state index >= 15 is 0 Å². The molecule has 0 heterocycles. The van der Waals surface area contributed by atoms with Gasteiger partial charge in [-0.25, -0.2) is 8.42 Å². The van der Waals surface area contributed by atoms with Gasteiger partial charge in [0, 0.05) is 6.54 Å². The van der Waals surface area contributed by atoms with Crippen LogP contribution in [0.5, 0.6) is 0 Å². The first-order valence-corrected chi connectivity index (χ1v) is 13.0. The molecule has 3 aromatic rings. The van der Waals surface area contributed by atoms with Crippen molar-refractivity contribution in [2.24, 2.45) is 5.92 Å². The van der Waals surface area contributed by atoms with Gasteiger partial charge in [-0.15, -0.1) is 0 Å². The second-order valence-electron chi connectivity index (χ2n) is 8.10. The molecule has 0 unspecified atom stereocenters. The molecular weight excluding hydrogens is 509 g/mol. The van der Waals surface area contributed by atoms with Crippen LogP contribution in [0.25, 0.3) is 0 Å². The Bertz CT molecular complexity index is 1320. The van der Waals surface area contributed by atoms with Gasteiger partial charge in [-0.05, 0) is 42.3 Å². The van der Waals surface area contributed by atoms with E-state index in [2.05, 4.69) is 10.6 Å². The minimum absolute atomic E-state index is 0.00469. The summed E-state index contributed by atoms with van der Waals surface area (Å²) in [5.74, 6) is -0.759. The van der Waals surface area contributed by atoms with Gasteiger partial charge >= 0.3 is 0 Å². The van der Waals surface area contributed by atoms with Crippen molar-refractivity contribution in [2.45, 2.75) is 18.7 Å². The molecule has 0 radical (unpaired) electrons. The van der Waals surface area contributed by atoms with Crippen LogP contribution in [-0.2, 0) is 14.8 Å². The Labute approximate surface area is 215 Å². The summed E-state index contributed by atoms with van der Waals surface area (Å²) in [4.78, 5) is 25.7. The number of hydrogen-bond donors (Lipinski definition) is 2. The summed E-state index contributed by atoms with van der Waals surface area (Å²) in [6.45, 7) is 3.81. The van der Waals surface area contributed by atoms with Gasteiger partial charge in [0.15, 0.2) is 0 Å². The zero-order valence-electron chi connectivity index (χ0n) is 19.2. The fourth-order valence-electron chi connectivity index (χ4n) is 3.21. The maximum absolute atomic E-state index is 13.5. The third-order valence-electron chi connectivity index (χ3n) is 4.93. The fraction of sp³-hybridized carbons (Fsp3) is 0.200. The third kappa shape index (κ3) is 6.54. The molecule has 184 valence electrons. The molecule has 0 spiro atoms. The van der Waals surface area contributed by atoms with Crippen LogP contribution in [-0.4, -0.2) is 33.3 Å². The molecule has 0 aliphatic heterocycles. The summed E-state index contributed by atoms with van der Waals surface area (Å²) in [5.41, 5.74) is 0.578. The van der Waals surface area contributed by atoms with E-state index in [1.807, 2.05) is 13.8 Å². The highest BCUT2D eigenvalue weighted by Gasteiger charge is 2.29. The highest BCUT2D eigenvalue weighted by atomic mass is 35.5. The Morgan fingerprint density at radius 3 is 2.26 bits per heavy atom. The maximum Gasteiger partial charge on any atom is 0.264 e. The van der Waals surface area contributed by atoms with Crippen LogP contribution in [0, 0.1) is 5.92 Å². The monoisotopic (exact) mass is 533 g/mol. The zero-order chi connectivity index (χ0) is 25.6. The minimum Gasteiger partial charge on any atom is -0.352 e. The number of carbonyl (C=O) groups excluding carboxylic acids is 2. The van der Waals surface area contributed by atoms with Crippen molar-refractivity contribution in [3.63, 3.8) is 0 Å². The van der Waals surface area contributed by atoms with E-state index in [0.717, 1.165) is 4.31 Å². The van der Waals surface area contributed by atoms with E-state index in [-0.39, 0.29) is 43.7 Å². The predicted octanol–water partition coefficient (Wildman–Crippen LogP) is 5.21. The Balaban J connectivity index is 1.93. The van der Waals surface area contributed by atoms with Gasteiger partial charge in [-0.1, -0.05) is 73.4 Å². The zero-order valence-corrected chi connectivity index (χ0v) is 21.5. The van der Waals surface area contributed by atoms with E-state index in [1.54, 1.807) is 48.5 Å². The Morgan fingerprint density at radius 2 is 1.57 bits per heavy atom. The number of amides is 2. The molecule has 35 heavy (non-hydrogen) atoms. The molecular formula is C25H25Cl2N3O4S. The number of halogens is 2. The Morgan fingerprint density at radius 1 is 0.914 bits per heavy atom. The maximum atomic E-state index is 13.5. The molecule has 3 rings (SSSR count). The van der Waals surface area contributed by atoms with E-state index in [4.69, 9.17) is 23.2 Å².